The number of benzene rings is 2. The number of amides is 2. The van der Waals surface area contributed by atoms with Gasteiger partial charge < -0.3 is 20.1 Å². The van der Waals surface area contributed by atoms with Gasteiger partial charge in [0.2, 0.25) is 5.91 Å². The van der Waals surface area contributed by atoms with Crippen molar-refractivity contribution in [3.8, 4) is 11.5 Å². The molecule has 1 saturated carbocycles. The van der Waals surface area contributed by atoms with Crippen molar-refractivity contribution >= 4 is 17.5 Å². The molecule has 32 heavy (non-hydrogen) atoms. The molecule has 172 valence electrons. The molecule has 0 saturated heterocycles. The first kappa shape index (κ1) is 23.5. The van der Waals surface area contributed by atoms with E-state index in [1.807, 2.05) is 0 Å². The molecule has 2 amide bonds. The van der Waals surface area contributed by atoms with Crippen molar-refractivity contribution in [2.75, 3.05) is 19.0 Å². The van der Waals surface area contributed by atoms with Crippen LogP contribution in [0, 0.1) is 5.92 Å². The van der Waals surface area contributed by atoms with Crippen LogP contribution in [-0.4, -0.2) is 32.1 Å². The van der Waals surface area contributed by atoms with Crippen molar-refractivity contribution in [3.63, 3.8) is 0 Å². The van der Waals surface area contributed by atoms with Crippen LogP contribution in [0.4, 0.5) is 14.5 Å². The van der Waals surface area contributed by atoms with Crippen LogP contribution in [0.2, 0.25) is 0 Å². The van der Waals surface area contributed by atoms with Crippen molar-refractivity contribution < 1.29 is 27.8 Å². The molecule has 3 rings (SSSR count). The molecular weight excluding hydrogens is 418 g/mol. The van der Waals surface area contributed by atoms with E-state index in [4.69, 9.17) is 4.74 Å². The number of halogens is 2. The van der Waals surface area contributed by atoms with E-state index in [-0.39, 0.29) is 29.2 Å². The third kappa shape index (κ3) is 6.67. The summed E-state index contributed by atoms with van der Waals surface area (Å²) in [7, 11) is 1.37. The number of hydrogen-bond donors (Lipinski definition) is 2. The first-order valence-corrected chi connectivity index (χ1v) is 10.8. The Labute approximate surface area is 186 Å². The Hall–Kier alpha value is -3.16. The predicted octanol–water partition coefficient (Wildman–Crippen LogP) is 4.79. The molecule has 1 fully saturated rings. The van der Waals surface area contributed by atoms with E-state index in [1.165, 1.54) is 19.6 Å². The van der Waals surface area contributed by atoms with Crippen LogP contribution < -0.4 is 20.1 Å². The lowest BCUT2D eigenvalue weighted by Gasteiger charge is -2.20. The summed E-state index contributed by atoms with van der Waals surface area (Å²) >= 11 is 0. The van der Waals surface area contributed by atoms with E-state index in [1.54, 1.807) is 36.4 Å². The topological polar surface area (TPSA) is 76.7 Å². The van der Waals surface area contributed by atoms with Gasteiger partial charge in [0.05, 0.1) is 7.11 Å². The Morgan fingerprint density at radius 2 is 1.84 bits per heavy atom. The standard InChI is InChI=1S/C24H28F2N2O4/c1-31-21-14-16(10-11-20(21)32-24(25)26)12-13-27-22(29)18-8-5-9-19(15-18)28-23(30)17-6-3-2-4-7-17/h5,8-11,14-15,17,24H,2-4,6-7,12-13H2,1H3,(H,27,29)(H,28,30). The first-order valence-electron chi connectivity index (χ1n) is 10.8. The van der Waals surface area contributed by atoms with Crippen LogP contribution in [-0.2, 0) is 11.2 Å². The van der Waals surface area contributed by atoms with Crippen LogP contribution in [0.3, 0.4) is 0 Å². The highest BCUT2D eigenvalue weighted by Gasteiger charge is 2.21. The molecule has 2 N–H and O–H groups in total. The number of methoxy groups -OCH3 is 1. The molecule has 0 spiro atoms. The van der Waals surface area contributed by atoms with Gasteiger partial charge in [0, 0.05) is 23.7 Å². The summed E-state index contributed by atoms with van der Waals surface area (Å²) in [4.78, 5) is 25.0. The quantitative estimate of drug-likeness (QED) is 0.581. The Morgan fingerprint density at radius 3 is 2.56 bits per heavy atom. The molecule has 0 aliphatic heterocycles. The lowest BCUT2D eigenvalue weighted by molar-refractivity contribution is -0.120. The molecule has 8 heteroatoms. The van der Waals surface area contributed by atoms with Crippen molar-refractivity contribution in [3.05, 3.63) is 53.6 Å². The smallest absolute Gasteiger partial charge is 0.387 e. The van der Waals surface area contributed by atoms with Crippen molar-refractivity contribution in [2.45, 2.75) is 45.1 Å². The summed E-state index contributed by atoms with van der Waals surface area (Å²) in [6, 6.07) is 11.5. The predicted molar refractivity (Wildman–Crippen MR) is 117 cm³/mol. The van der Waals surface area contributed by atoms with E-state index in [9.17, 15) is 18.4 Å². The zero-order valence-electron chi connectivity index (χ0n) is 18.0. The maximum atomic E-state index is 12.5. The number of nitrogens with one attached hydrogen (secondary N) is 2. The van der Waals surface area contributed by atoms with E-state index in [0.29, 0.717) is 24.2 Å². The minimum absolute atomic E-state index is 0.00970. The Morgan fingerprint density at radius 1 is 1.06 bits per heavy atom. The van der Waals surface area contributed by atoms with Crippen LogP contribution in [0.25, 0.3) is 0 Å². The Kier molecular flexibility index (Phi) is 8.41. The number of rotatable bonds is 9. The van der Waals surface area contributed by atoms with E-state index in [0.717, 1.165) is 31.2 Å². The van der Waals surface area contributed by atoms with E-state index < -0.39 is 6.61 Å². The zero-order chi connectivity index (χ0) is 22.9. The Bertz CT molecular complexity index is 930. The van der Waals surface area contributed by atoms with Crippen LogP contribution in [0.15, 0.2) is 42.5 Å². The lowest BCUT2D eigenvalue weighted by atomic mass is 9.88. The summed E-state index contributed by atoms with van der Waals surface area (Å²) < 4.78 is 34.4. The highest BCUT2D eigenvalue weighted by molar-refractivity contribution is 5.97. The third-order valence-corrected chi connectivity index (χ3v) is 5.51. The molecule has 2 aromatic carbocycles. The summed E-state index contributed by atoms with van der Waals surface area (Å²) in [5, 5.41) is 5.75. The fourth-order valence-electron chi connectivity index (χ4n) is 3.83. The van der Waals surface area contributed by atoms with E-state index in [2.05, 4.69) is 15.4 Å². The number of hydrogen-bond acceptors (Lipinski definition) is 4. The van der Waals surface area contributed by atoms with Gasteiger partial charge in [-0.2, -0.15) is 8.78 Å². The highest BCUT2D eigenvalue weighted by atomic mass is 19.3. The largest absolute Gasteiger partial charge is 0.493 e. The fourth-order valence-corrected chi connectivity index (χ4v) is 3.83. The molecular formula is C24H28F2N2O4. The van der Waals surface area contributed by atoms with Crippen LogP contribution in [0.5, 0.6) is 11.5 Å². The normalized spacial score (nSPS) is 14.1. The number of anilines is 1. The summed E-state index contributed by atoms with van der Waals surface area (Å²) in [5.41, 5.74) is 1.86. The maximum absolute atomic E-state index is 12.5. The van der Waals surface area contributed by atoms with Crippen molar-refractivity contribution in [2.24, 2.45) is 5.92 Å². The monoisotopic (exact) mass is 446 g/mol. The van der Waals surface area contributed by atoms with Gasteiger partial charge >= 0.3 is 6.61 Å². The molecule has 0 aromatic heterocycles. The average molecular weight is 446 g/mol. The van der Waals surface area contributed by atoms with Gasteiger partial charge in [-0.15, -0.1) is 0 Å². The van der Waals surface area contributed by atoms with Gasteiger partial charge in [-0.25, -0.2) is 0 Å². The number of ether oxygens (including phenoxy) is 2. The average Bonchev–Trinajstić information content (AvgIpc) is 2.80. The van der Waals surface area contributed by atoms with Crippen molar-refractivity contribution in [1.82, 2.24) is 5.32 Å². The van der Waals surface area contributed by atoms with Gasteiger partial charge in [0.15, 0.2) is 11.5 Å². The highest BCUT2D eigenvalue weighted by Crippen LogP contribution is 2.29. The summed E-state index contributed by atoms with van der Waals surface area (Å²) in [5.74, 6) is -0.0486. The molecule has 0 bridgehead atoms. The maximum Gasteiger partial charge on any atom is 0.387 e. The van der Waals surface area contributed by atoms with E-state index >= 15 is 0 Å². The van der Waals surface area contributed by atoms with Crippen LogP contribution >= 0.6 is 0 Å². The van der Waals surface area contributed by atoms with Crippen molar-refractivity contribution in [1.29, 1.82) is 0 Å². The fraction of sp³-hybridized carbons (Fsp3) is 0.417. The van der Waals surface area contributed by atoms with Crippen LogP contribution in [0.1, 0.15) is 48.0 Å². The van der Waals surface area contributed by atoms with Gasteiger partial charge in [0.1, 0.15) is 0 Å². The molecule has 0 radical (unpaired) electrons. The van der Waals surface area contributed by atoms with Gasteiger partial charge in [-0.3, -0.25) is 9.59 Å². The number of alkyl halides is 2. The molecule has 1 aliphatic carbocycles. The Balaban J connectivity index is 1.53. The zero-order valence-corrected chi connectivity index (χ0v) is 18.0. The van der Waals surface area contributed by atoms with Gasteiger partial charge in [-0.05, 0) is 55.2 Å². The SMILES string of the molecule is COc1cc(CCNC(=O)c2cccc(NC(=O)C3CCCCC3)c2)ccc1OC(F)F. The third-order valence-electron chi connectivity index (χ3n) is 5.51. The second kappa shape index (κ2) is 11.5. The molecule has 0 atom stereocenters. The molecule has 2 aromatic rings. The second-order valence-corrected chi connectivity index (χ2v) is 7.77. The minimum atomic E-state index is -2.93. The first-order chi connectivity index (χ1) is 15.5. The summed E-state index contributed by atoms with van der Waals surface area (Å²) in [6.07, 6.45) is 5.63. The number of carbonyl (C=O) groups is 2. The number of carbonyl (C=O) groups excluding carboxylic acids is 2. The molecule has 1 aliphatic rings. The summed E-state index contributed by atoms with van der Waals surface area (Å²) in [6.45, 7) is -2.59. The second-order valence-electron chi connectivity index (χ2n) is 7.77. The lowest BCUT2D eigenvalue weighted by Crippen LogP contribution is -2.26. The molecule has 6 nitrogen and oxygen atoms in total. The minimum Gasteiger partial charge on any atom is -0.493 e. The molecule has 0 heterocycles. The van der Waals surface area contributed by atoms with Gasteiger partial charge in [-0.1, -0.05) is 31.4 Å². The van der Waals surface area contributed by atoms with Gasteiger partial charge in [0.25, 0.3) is 5.91 Å². The molecule has 0 unspecified atom stereocenters.